The third-order valence-corrected chi connectivity index (χ3v) is 4.86. The molecule has 0 radical (unpaired) electrons. The molecule has 1 amide bonds. The number of carbonyl (C=O) groups is 1. The summed E-state index contributed by atoms with van der Waals surface area (Å²) in [4.78, 5) is 15.2. The van der Waals surface area contributed by atoms with Crippen molar-refractivity contribution < 1.29 is 4.79 Å². The molecule has 0 saturated carbocycles. The van der Waals surface area contributed by atoms with E-state index < -0.39 is 0 Å². The van der Waals surface area contributed by atoms with E-state index in [0.29, 0.717) is 11.2 Å². The Kier molecular flexibility index (Phi) is 3.10. The van der Waals surface area contributed by atoms with E-state index in [0.717, 1.165) is 32.4 Å². The maximum atomic E-state index is 11.8. The van der Waals surface area contributed by atoms with Gasteiger partial charge >= 0.3 is 0 Å². The van der Waals surface area contributed by atoms with Crippen LogP contribution in [-0.4, -0.2) is 29.1 Å². The quantitative estimate of drug-likeness (QED) is 0.801. The molecule has 0 N–H and O–H groups in total. The Hall–Kier alpha value is -0.960. The van der Waals surface area contributed by atoms with Crippen molar-refractivity contribution in [3.8, 4) is 0 Å². The molecule has 0 bridgehead atoms. The standard InChI is InChI=1S/C14H17NOS/c16-14-7-3-4-8-15(14)10-12-9-11-5-1-2-6-13(11)17-12/h1-2,5-6,12H,3-4,7-10H2. The molecule has 0 aliphatic carbocycles. The van der Waals surface area contributed by atoms with Gasteiger partial charge in [0.2, 0.25) is 5.91 Å². The summed E-state index contributed by atoms with van der Waals surface area (Å²) < 4.78 is 0. The van der Waals surface area contributed by atoms with E-state index >= 15 is 0 Å². The van der Waals surface area contributed by atoms with Crippen molar-refractivity contribution in [1.29, 1.82) is 0 Å². The number of thioether (sulfide) groups is 1. The lowest BCUT2D eigenvalue weighted by atomic mass is 10.1. The molecule has 2 aliphatic heterocycles. The maximum Gasteiger partial charge on any atom is 0.222 e. The molecule has 1 atom stereocenters. The van der Waals surface area contributed by atoms with E-state index in [2.05, 4.69) is 29.2 Å². The van der Waals surface area contributed by atoms with Crippen molar-refractivity contribution in [3.63, 3.8) is 0 Å². The first-order chi connectivity index (χ1) is 8.33. The van der Waals surface area contributed by atoms with E-state index in [1.54, 1.807) is 0 Å². The molecule has 2 nitrogen and oxygen atoms in total. The molecule has 1 fully saturated rings. The van der Waals surface area contributed by atoms with Gasteiger partial charge in [0.15, 0.2) is 0 Å². The predicted octanol–water partition coefficient (Wildman–Crippen LogP) is 2.72. The first-order valence-electron chi connectivity index (χ1n) is 6.35. The van der Waals surface area contributed by atoms with Crippen LogP contribution in [0.5, 0.6) is 0 Å². The van der Waals surface area contributed by atoms with Gasteiger partial charge in [-0.25, -0.2) is 0 Å². The number of amides is 1. The van der Waals surface area contributed by atoms with Gasteiger partial charge in [-0.05, 0) is 30.9 Å². The molecule has 0 spiro atoms. The molecule has 2 heterocycles. The van der Waals surface area contributed by atoms with Gasteiger partial charge in [-0.1, -0.05) is 18.2 Å². The second kappa shape index (κ2) is 4.73. The zero-order valence-electron chi connectivity index (χ0n) is 9.89. The van der Waals surface area contributed by atoms with Gasteiger partial charge in [-0.2, -0.15) is 0 Å². The molecule has 1 aromatic rings. The Morgan fingerprint density at radius 1 is 1.29 bits per heavy atom. The first-order valence-corrected chi connectivity index (χ1v) is 7.23. The molecule has 1 unspecified atom stereocenters. The molecular formula is C14H17NOS. The van der Waals surface area contributed by atoms with Gasteiger partial charge in [-0.3, -0.25) is 4.79 Å². The van der Waals surface area contributed by atoms with E-state index in [1.807, 2.05) is 11.8 Å². The van der Waals surface area contributed by atoms with Gasteiger partial charge in [0.05, 0.1) is 0 Å². The lowest BCUT2D eigenvalue weighted by Gasteiger charge is -2.28. The summed E-state index contributed by atoms with van der Waals surface area (Å²) in [5, 5.41) is 0.564. The van der Waals surface area contributed by atoms with E-state index in [1.165, 1.54) is 16.9 Å². The fourth-order valence-corrected chi connectivity index (χ4v) is 3.99. The summed E-state index contributed by atoms with van der Waals surface area (Å²) >= 11 is 1.94. The molecule has 3 rings (SSSR count). The second-order valence-corrected chi connectivity index (χ2v) is 6.19. The predicted molar refractivity (Wildman–Crippen MR) is 70.2 cm³/mol. The Morgan fingerprint density at radius 2 is 2.18 bits per heavy atom. The SMILES string of the molecule is O=C1CCCCN1CC1Cc2ccccc2S1. The molecule has 1 saturated heterocycles. The minimum atomic E-state index is 0.354. The Morgan fingerprint density at radius 3 is 3.00 bits per heavy atom. The number of carbonyl (C=O) groups excluding carboxylic acids is 1. The summed E-state index contributed by atoms with van der Waals surface area (Å²) in [7, 11) is 0. The minimum Gasteiger partial charge on any atom is -0.342 e. The van der Waals surface area contributed by atoms with Gasteiger partial charge in [0.1, 0.15) is 0 Å². The van der Waals surface area contributed by atoms with Crippen molar-refractivity contribution in [1.82, 2.24) is 4.90 Å². The zero-order chi connectivity index (χ0) is 11.7. The average Bonchev–Trinajstić information content (AvgIpc) is 2.74. The third kappa shape index (κ3) is 2.34. The number of nitrogens with zero attached hydrogens (tertiary/aromatic N) is 1. The zero-order valence-corrected chi connectivity index (χ0v) is 10.7. The minimum absolute atomic E-state index is 0.354. The highest BCUT2D eigenvalue weighted by atomic mass is 32.2. The number of hydrogen-bond acceptors (Lipinski definition) is 2. The fraction of sp³-hybridized carbons (Fsp3) is 0.500. The van der Waals surface area contributed by atoms with Gasteiger partial charge in [-0.15, -0.1) is 11.8 Å². The van der Waals surface area contributed by atoms with Gasteiger partial charge in [0.25, 0.3) is 0 Å². The smallest absolute Gasteiger partial charge is 0.222 e. The maximum absolute atomic E-state index is 11.8. The van der Waals surface area contributed by atoms with E-state index in [4.69, 9.17) is 0 Å². The van der Waals surface area contributed by atoms with Gasteiger partial charge < -0.3 is 4.90 Å². The normalized spacial score (nSPS) is 23.9. The van der Waals surface area contributed by atoms with Crippen LogP contribution >= 0.6 is 11.8 Å². The fourth-order valence-electron chi connectivity index (χ4n) is 2.66. The summed E-state index contributed by atoms with van der Waals surface area (Å²) in [6, 6.07) is 8.60. The monoisotopic (exact) mass is 247 g/mol. The lowest BCUT2D eigenvalue weighted by molar-refractivity contribution is -0.133. The molecule has 2 aliphatic rings. The summed E-state index contributed by atoms with van der Waals surface area (Å²) in [6.07, 6.45) is 4.12. The molecular weight excluding hydrogens is 230 g/mol. The highest BCUT2D eigenvalue weighted by Crippen LogP contribution is 2.37. The van der Waals surface area contributed by atoms with Crippen LogP contribution in [0.4, 0.5) is 0 Å². The van der Waals surface area contributed by atoms with Crippen molar-refractivity contribution in [2.75, 3.05) is 13.1 Å². The molecule has 90 valence electrons. The molecule has 17 heavy (non-hydrogen) atoms. The van der Waals surface area contributed by atoms with Crippen LogP contribution in [0.1, 0.15) is 24.8 Å². The number of rotatable bonds is 2. The van der Waals surface area contributed by atoms with Crippen LogP contribution in [0.3, 0.4) is 0 Å². The van der Waals surface area contributed by atoms with Crippen LogP contribution in [-0.2, 0) is 11.2 Å². The summed E-state index contributed by atoms with van der Waals surface area (Å²) in [5.41, 5.74) is 1.45. The van der Waals surface area contributed by atoms with Crippen LogP contribution in [0.25, 0.3) is 0 Å². The summed E-state index contributed by atoms with van der Waals surface area (Å²) in [6.45, 7) is 1.89. The van der Waals surface area contributed by atoms with E-state index in [9.17, 15) is 4.79 Å². The lowest BCUT2D eigenvalue weighted by Crippen LogP contribution is -2.39. The van der Waals surface area contributed by atoms with E-state index in [-0.39, 0.29) is 0 Å². The molecule has 0 aromatic heterocycles. The highest BCUT2D eigenvalue weighted by Gasteiger charge is 2.26. The van der Waals surface area contributed by atoms with Crippen LogP contribution < -0.4 is 0 Å². The second-order valence-electron chi connectivity index (χ2n) is 4.85. The Labute approximate surface area is 106 Å². The molecule has 1 aromatic carbocycles. The Bertz CT molecular complexity index is 407. The number of piperidine rings is 1. The first kappa shape index (κ1) is 11.1. The largest absolute Gasteiger partial charge is 0.342 e. The van der Waals surface area contributed by atoms with Crippen molar-refractivity contribution in [3.05, 3.63) is 29.8 Å². The third-order valence-electron chi connectivity index (χ3n) is 3.56. The molecule has 3 heteroatoms. The topological polar surface area (TPSA) is 20.3 Å². The average molecular weight is 247 g/mol. The summed E-state index contributed by atoms with van der Waals surface area (Å²) in [5.74, 6) is 0.354. The van der Waals surface area contributed by atoms with Crippen LogP contribution in [0.15, 0.2) is 29.2 Å². The van der Waals surface area contributed by atoms with Gasteiger partial charge in [0, 0.05) is 29.7 Å². The van der Waals surface area contributed by atoms with Crippen molar-refractivity contribution in [2.45, 2.75) is 35.8 Å². The Balaban J connectivity index is 1.63. The highest BCUT2D eigenvalue weighted by molar-refractivity contribution is 8.00. The van der Waals surface area contributed by atoms with Crippen LogP contribution in [0.2, 0.25) is 0 Å². The van der Waals surface area contributed by atoms with Crippen molar-refractivity contribution >= 4 is 17.7 Å². The van der Waals surface area contributed by atoms with Crippen molar-refractivity contribution in [2.24, 2.45) is 0 Å². The number of fused-ring (bicyclic) bond motifs is 1. The number of hydrogen-bond donors (Lipinski definition) is 0. The number of benzene rings is 1. The number of likely N-dealkylation sites (tertiary alicyclic amines) is 1. The van der Waals surface area contributed by atoms with Crippen LogP contribution in [0, 0.1) is 0 Å².